The summed E-state index contributed by atoms with van der Waals surface area (Å²) in [6.45, 7) is 18.0. The molecule has 3 N–H and O–H groups in total. The van der Waals surface area contributed by atoms with Crippen molar-refractivity contribution in [3.8, 4) is 11.1 Å². The summed E-state index contributed by atoms with van der Waals surface area (Å²) in [4.78, 5) is 8.91. The molecule has 0 unspecified atom stereocenters. The molecule has 42 heavy (non-hydrogen) atoms. The minimum absolute atomic E-state index is 0.369. The predicted molar refractivity (Wildman–Crippen MR) is 175 cm³/mol. The van der Waals surface area contributed by atoms with Crippen LogP contribution in [0.25, 0.3) is 22.3 Å². The fourth-order valence-electron chi connectivity index (χ4n) is 5.46. The van der Waals surface area contributed by atoms with Crippen LogP contribution in [-0.4, -0.2) is 23.6 Å². The minimum Gasteiger partial charge on any atom is -0.388 e. The number of pyridine rings is 2. The number of rotatable bonds is 13. The third-order valence-electron chi connectivity index (χ3n) is 7.95. The highest BCUT2D eigenvalue weighted by Crippen LogP contribution is 2.36. The highest BCUT2D eigenvalue weighted by molar-refractivity contribution is 5.87. The second-order valence-electron chi connectivity index (χ2n) is 10.8. The van der Waals surface area contributed by atoms with Crippen LogP contribution in [0.1, 0.15) is 56.4 Å². The summed E-state index contributed by atoms with van der Waals surface area (Å²) >= 11 is 0. The third kappa shape index (κ3) is 7.31. The fraction of sp³-hybridized carbons (Fsp3) is 0.278. The molecule has 0 amide bonds. The van der Waals surface area contributed by atoms with Crippen molar-refractivity contribution in [2.24, 2.45) is 5.92 Å². The lowest BCUT2D eigenvalue weighted by Crippen LogP contribution is -2.20. The van der Waals surface area contributed by atoms with Crippen LogP contribution in [0, 0.1) is 11.7 Å². The van der Waals surface area contributed by atoms with Gasteiger partial charge < -0.3 is 16.0 Å². The van der Waals surface area contributed by atoms with Gasteiger partial charge in [-0.25, -0.2) is 4.39 Å². The lowest BCUT2D eigenvalue weighted by molar-refractivity contribution is 0.489. The molecule has 0 saturated heterocycles. The second-order valence-corrected chi connectivity index (χ2v) is 10.8. The van der Waals surface area contributed by atoms with Gasteiger partial charge in [0.25, 0.3) is 0 Å². The van der Waals surface area contributed by atoms with Crippen LogP contribution in [0.5, 0.6) is 0 Å². The molecular weight excluding hydrogens is 521 g/mol. The van der Waals surface area contributed by atoms with Crippen molar-refractivity contribution < 1.29 is 4.39 Å². The lowest BCUT2D eigenvalue weighted by atomic mass is 9.95. The molecule has 0 radical (unpaired) electrons. The van der Waals surface area contributed by atoms with E-state index >= 15 is 4.39 Å². The van der Waals surface area contributed by atoms with Gasteiger partial charge in [0.2, 0.25) is 0 Å². The number of benzene rings is 1. The molecule has 1 aromatic carbocycles. The summed E-state index contributed by atoms with van der Waals surface area (Å²) in [5, 5.41) is 10.0. The molecule has 0 aliphatic heterocycles. The van der Waals surface area contributed by atoms with Gasteiger partial charge in [-0.05, 0) is 80.6 Å². The summed E-state index contributed by atoms with van der Waals surface area (Å²) in [5.74, 6) is 0.386. The summed E-state index contributed by atoms with van der Waals surface area (Å²) in [5.41, 5.74) is 7.77. The first kappa shape index (κ1) is 30.7. The van der Waals surface area contributed by atoms with E-state index in [4.69, 9.17) is 0 Å². The lowest BCUT2D eigenvalue weighted by Gasteiger charge is -2.20. The van der Waals surface area contributed by atoms with Crippen LogP contribution in [0.4, 0.5) is 10.1 Å². The van der Waals surface area contributed by atoms with E-state index in [-0.39, 0.29) is 5.82 Å². The maximum atomic E-state index is 16.3. The van der Waals surface area contributed by atoms with E-state index in [1.165, 1.54) is 25.7 Å². The average molecular weight is 564 g/mol. The molecule has 6 heteroatoms. The summed E-state index contributed by atoms with van der Waals surface area (Å²) in [7, 11) is 1.77. The number of anilines is 1. The molecule has 0 bridgehead atoms. The van der Waals surface area contributed by atoms with E-state index in [2.05, 4.69) is 45.7 Å². The highest BCUT2D eigenvalue weighted by Gasteiger charge is 2.20. The smallest absolute Gasteiger partial charge is 0.141 e. The normalized spacial score (nSPS) is 14.3. The van der Waals surface area contributed by atoms with Gasteiger partial charge in [0.1, 0.15) is 5.82 Å². The zero-order valence-corrected chi connectivity index (χ0v) is 25.1. The van der Waals surface area contributed by atoms with Gasteiger partial charge in [-0.3, -0.25) is 9.97 Å². The summed E-state index contributed by atoms with van der Waals surface area (Å²) in [6, 6.07) is 11.5. The van der Waals surface area contributed by atoms with Gasteiger partial charge in [0, 0.05) is 77.1 Å². The van der Waals surface area contributed by atoms with Gasteiger partial charge in [-0.15, -0.1) is 0 Å². The SMILES string of the molecule is C=C/C=C(\C(C)=C(/C)NC(=C)C(=C)c1c(NC)ccc(-c2cncc(CNCC3CCCC3)c2)c1F)c1ccccn1. The van der Waals surface area contributed by atoms with Crippen molar-refractivity contribution >= 4 is 16.8 Å². The summed E-state index contributed by atoms with van der Waals surface area (Å²) in [6.07, 6.45) is 14.2. The molecule has 5 nitrogen and oxygen atoms in total. The fourth-order valence-corrected chi connectivity index (χ4v) is 5.46. The molecule has 2 heterocycles. The van der Waals surface area contributed by atoms with E-state index in [1.807, 2.05) is 56.5 Å². The first-order chi connectivity index (χ1) is 20.3. The van der Waals surface area contributed by atoms with Crippen molar-refractivity contribution in [1.82, 2.24) is 20.6 Å². The number of nitrogens with one attached hydrogen (secondary N) is 3. The van der Waals surface area contributed by atoms with Crippen LogP contribution in [0.15, 0.2) is 104 Å². The molecule has 2 aromatic heterocycles. The van der Waals surface area contributed by atoms with Gasteiger partial charge in [-0.2, -0.15) is 0 Å². The highest BCUT2D eigenvalue weighted by atomic mass is 19.1. The number of halogens is 1. The molecule has 218 valence electrons. The number of hydrogen-bond donors (Lipinski definition) is 3. The predicted octanol–water partition coefficient (Wildman–Crippen LogP) is 8.28. The van der Waals surface area contributed by atoms with Crippen LogP contribution >= 0.6 is 0 Å². The number of nitrogens with zero attached hydrogens (tertiary/aromatic N) is 2. The Morgan fingerprint density at radius 2 is 1.88 bits per heavy atom. The topological polar surface area (TPSA) is 61.9 Å². The molecule has 3 aromatic rings. The Morgan fingerprint density at radius 1 is 1.10 bits per heavy atom. The molecule has 1 fully saturated rings. The Labute approximate surface area is 250 Å². The first-order valence-electron chi connectivity index (χ1n) is 14.6. The van der Waals surface area contributed by atoms with Gasteiger partial charge in [-0.1, -0.05) is 50.8 Å². The zero-order valence-electron chi connectivity index (χ0n) is 25.1. The van der Waals surface area contributed by atoms with Crippen molar-refractivity contribution in [2.45, 2.75) is 46.1 Å². The number of allylic oxidation sites excluding steroid dienone is 6. The molecule has 0 spiro atoms. The van der Waals surface area contributed by atoms with E-state index in [9.17, 15) is 0 Å². The van der Waals surface area contributed by atoms with E-state index in [0.717, 1.165) is 46.1 Å². The van der Waals surface area contributed by atoms with Crippen molar-refractivity contribution in [2.75, 3.05) is 18.9 Å². The Kier molecular flexibility index (Phi) is 10.6. The van der Waals surface area contributed by atoms with Crippen LogP contribution in [0.2, 0.25) is 0 Å². The van der Waals surface area contributed by atoms with E-state index in [1.54, 1.807) is 31.6 Å². The third-order valence-corrected chi connectivity index (χ3v) is 7.95. The molecular formula is C36H42FN5. The molecule has 1 aliphatic carbocycles. The molecule has 1 saturated carbocycles. The number of aromatic nitrogens is 2. The Bertz CT molecular complexity index is 1500. The van der Waals surface area contributed by atoms with Gasteiger partial charge in [0.15, 0.2) is 0 Å². The quantitative estimate of drug-likeness (QED) is 0.183. The van der Waals surface area contributed by atoms with E-state index in [0.29, 0.717) is 34.6 Å². The van der Waals surface area contributed by atoms with Gasteiger partial charge in [0.05, 0.1) is 5.69 Å². The Balaban J connectivity index is 1.57. The molecule has 0 atom stereocenters. The Morgan fingerprint density at radius 3 is 2.57 bits per heavy atom. The monoisotopic (exact) mass is 563 g/mol. The van der Waals surface area contributed by atoms with Crippen molar-refractivity contribution in [3.63, 3.8) is 0 Å². The second kappa shape index (κ2) is 14.6. The van der Waals surface area contributed by atoms with Crippen LogP contribution < -0.4 is 16.0 Å². The maximum Gasteiger partial charge on any atom is 0.141 e. The van der Waals surface area contributed by atoms with E-state index < -0.39 is 0 Å². The largest absolute Gasteiger partial charge is 0.388 e. The standard InChI is InChI=1S/C36H42FN5/c1-7-12-31(33-15-10-11-18-41-33)24(2)26(4)42-27(5)25(3)35-34(38-6)17-16-32(36(35)37)30-19-29(22-40-23-30)21-39-20-28-13-8-9-14-28/h7,10-12,15-19,22-23,28,38-39,42H,1,3,5,8-9,13-14,20-21H2,2,4,6H3/b26-24+,31-12+. The molecule has 4 rings (SSSR count). The van der Waals surface area contributed by atoms with Crippen molar-refractivity contribution in [1.29, 1.82) is 0 Å². The summed E-state index contributed by atoms with van der Waals surface area (Å²) < 4.78 is 16.3. The molecule has 1 aliphatic rings. The first-order valence-corrected chi connectivity index (χ1v) is 14.6. The number of hydrogen-bond acceptors (Lipinski definition) is 5. The Hall–Kier alpha value is -4.29. The van der Waals surface area contributed by atoms with Crippen LogP contribution in [0.3, 0.4) is 0 Å². The average Bonchev–Trinajstić information content (AvgIpc) is 3.53. The van der Waals surface area contributed by atoms with Gasteiger partial charge >= 0.3 is 0 Å². The maximum absolute atomic E-state index is 16.3. The van der Waals surface area contributed by atoms with Crippen molar-refractivity contribution in [3.05, 3.63) is 126 Å². The van der Waals surface area contributed by atoms with Crippen LogP contribution in [-0.2, 0) is 6.54 Å². The zero-order chi connectivity index (χ0) is 30.1. The minimum atomic E-state index is -0.369.